The summed E-state index contributed by atoms with van der Waals surface area (Å²) >= 11 is 0. The Morgan fingerprint density at radius 1 is 1.08 bits per heavy atom. The first-order valence-corrected chi connectivity index (χ1v) is 9.01. The summed E-state index contributed by atoms with van der Waals surface area (Å²) in [6.45, 7) is 5.28. The molecule has 0 aromatic heterocycles. The quantitative estimate of drug-likeness (QED) is 0.747. The van der Waals surface area contributed by atoms with Gasteiger partial charge in [-0.05, 0) is 19.1 Å². The molecule has 3 amide bonds. The number of hydrogen-bond donors (Lipinski definition) is 2. The molecule has 1 aromatic carbocycles. The number of rotatable bonds is 4. The van der Waals surface area contributed by atoms with Crippen LogP contribution in [0.4, 0.5) is 0 Å². The molecule has 0 bridgehead atoms. The summed E-state index contributed by atoms with van der Waals surface area (Å²) in [4.78, 5) is 40.3. The largest absolute Gasteiger partial charge is 0.393 e. The van der Waals surface area contributed by atoms with Gasteiger partial charge in [-0.1, -0.05) is 25.1 Å². The fraction of sp³-hybridized carbons (Fsp3) is 0.526. The molecule has 1 unspecified atom stereocenters. The van der Waals surface area contributed by atoms with Crippen LogP contribution >= 0.6 is 0 Å². The van der Waals surface area contributed by atoms with Crippen LogP contribution in [0.3, 0.4) is 0 Å². The first-order valence-electron chi connectivity index (χ1n) is 9.01. The summed E-state index contributed by atoms with van der Waals surface area (Å²) < 4.78 is 0. The smallest absolute Gasteiger partial charge is 0.253 e. The van der Waals surface area contributed by atoms with Crippen LogP contribution in [0, 0.1) is 11.8 Å². The van der Waals surface area contributed by atoms with Gasteiger partial charge < -0.3 is 20.2 Å². The number of hydrogen-bond acceptors (Lipinski definition) is 4. The molecule has 2 saturated heterocycles. The Morgan fingerprint density at radius 3 is 2.19 bits per heavy atom. The first-order chi connectivity index (χ1) is 12.4. The van der Waals surface area contributed by atoms with Gasteiger partial charge in [0.1, 0.15) is 0 Å². The maximum Gasteiger partial charge on any atom is 0.253 e. The number of benzene rings is 1. The van der Waals surface area contributed by atoms with Crippen molar-refractivity contribution >= 4 is 17.7 Å². The topological polar surface area (TPSA) is 90.0 Å². The van der Waals surface area contributed by atoms with Gasteiger partial charge in [0.15, 0.2) is 0 Å². The van der Waals surface area contributed by atoms with Crippen LogP contribution in [-0.4, -0.2) is 71.0 Å². The minimum absolute atomic E-state index is 0.0221. The average Bonchev–Trinajstić information content (AvgIpc) is 2.64. The molecular weight excluding hydrogens is 334 g/mol. The zero-order valence-electron chi connectivity index (χ0n) is 15.1. The second kappa shape index (κ2) is 7.45. The lowest BCUT2D eigenvalue weighted by Gasteiger charge is -2.43. The summed E-state index contributed by atoms with van der Waals surface area (Å²) in [6.07, 6.45) is -0.774. The molecule has 140 valence electrons. The molecule has 3 rings (SSSR count). The fourth-order valence-electron chi connectivity index (χ4n) is 3.71. The summed E-state index contributed by atoms with van der Waals surface area (Å²) in [7, 11) is 0. The van der Waals surface area contributed by atoms with Gasteiger partial charge in [-0.25, -0.2) is 0 Å². The Balaban J connectivity index is 1.55. The normalized spacial score (nSPS) is 25.1. The number of carbonyl (C=O) groups is 3. The van der Waals surface area contributed by atoms with E-state index in [9.17, 15) is 19.5 Å². The number of amides is 3. The van der Waals surface area contributed by atoms with E-state index in [2.05, 4.69) is 5.32 Å². The molecule has 0 aliphatic carbocycles. The molecule has 0 radical (unpaired) electrons. The van der Waals surface area contributed by atoms with Crippen molar-refractivity contribution in [1.82, 2.24) is 15.1 Å². The van der Waals surface area contributed by atoms with E-state index in [-0.39, 0.29) is 23.8 Å². The van der Waals surface area contributed by atoms with Gasteiger partial charge in [0.25, 0.3) is 5.91 Å². The Labute approximate surface area is 153 Å². The zero-order chi connectivity index (χ0) is 18.8. The number of piperazine rings is 1. The van der Waals surface area contributed by atoms with Crippen LogP contribution in [-0.2, 0) is 9.59 Å². The molecule has 2 N–H and O–H groups in total. The number of carbonyl (C=O) groups excluding carboxylic acids is 3. The van der Waals surface area contributed by atoms with Crippen molar-refractivity contribution in [2.24, 2.45) is 11.8 Å². The minimum atomic E-state index is -0.774. The number of nitrogens with zero attached hydrogens (tertiary/aromatic N) is 2. The standard InChI is InChI=1S/C19H25N3O4/c1-12(16-15(13(2)23)17(24)20-16)18(25)21-8-10-22(11-9-21)19(26)14-6-4-3-5-7-14/h3-7,12-13,15-16,23H,8-11H2,1-2H3,(H,20,24)/t12?,13-,15-,16-/m1/s1. The molecule has 7 nitrogen and oxygen atoms in total. The van der Waals surface area contributed by atoms with Crippen molar-refractivity contribution in [1.29, 1.82) is 0 Å². The van der Waals surface area contributed by atoms with Gasteiger partial charge in [-0.15, -0.1) is 0 Å². The molecule has 7 heteroatoms. The fourth-order valence-corrected chi connectivity index (χ4v) is 3.71. The van der Waals surface area contributed by atoms with E-state index in [0.717, 1.165) is 0 Å². The molecule has 2 fully saturated rings. The molecule has 1 aromatic rings. The van der Waals surface area contributed by atoms with E-state index in [1.165, 1.54) is 0 Å². The highest BCUT2D eigenvalue weighted by molar-refractivity contribution is 5.94. The van der Waals surface area contributed by atoms with Crippen molar-refractivity contribution in [2.45, 2.75) is 26.0 Å². The molecule has 4 atom stereocenters. The first kappa shape index (κ1) is 18.4. The maximum absolute atomic E-state index is 12.7. The highest BCUT2D eigenvalue weighted by atomic mass is 16.3. The number of nitrogens with one attached hydrogen (secondary N) is 1. The lowest BCUT2D eigenvalue weighted by Crippen LogP contribution is -2.66. The van der Waals surface area contributed by atoms with Crippen molar-refractivity contribution in [2.75, 3.05) is 26.2 Å². The van der Waals surface area contributed by atoms with Crippen molar-refractivity contribution in [3.05, 3.63) is 35.9 Å². The molecule has 26 heavy (non-hydrogen) atoms. The van der Waals surface area contributed by atoms with Crippen molar-refractivity contribution < 1.29 is 19.5 Å². The number of aliphatic hydroxyl groups is 1. The third-order valence-corrected chi connectivity index (χ3v) is 5.35. The van der Waals surface area contributed by atoms with Gasteiger partial charge in [0.2, 0.25) is 11.8 Å². The zero-order valence-corrected chi connectivity index (χ0v) is 15.1. The number of aliphatic hydroxyl groups excluding tert-OH is 1. The van der Waals surface area contributed by atoms with Gasteiger partial charge >= 0.3 is 0 Å². The van der Waals surface area contributed by atoms with E-state index in [1.807, 2.05) is 18.2 Å². The predicted molar refractivity (Wildman–Crippen MR) is 95.2 cm³/mol. The van der Waals surface area contributed by atoms with Crippen LogP contribution in [0.25, 0.3) is 0 Å². The maximum atomic E-state index is 12.7. The Morgan fingerprint density at radius 2 is 1.65 bits per heavy atom. The third-order valence-electron chi connectivity index (χ3n) is 5.35. The summed E-state index contributed by atoms with van der Waals surface area (Å²) in [5.41, 5.74) is 0.651. The highest BCUT2D eigenvalue weighted by Crippen LogP contribution is 2.27. The summed E-state index contributed by atoms with van der Waals surface area (Å²) in [5.74, 6) is -1.21. The van der Waals surface area contributed by atoms with E-state index in [4.69, 9.17) is 0 Å². The van der Waals surface area contributed by atoms with Crippen molar-refractivity contribution in [3.8, 4) is 0 Å². The van der Waals surface area contributed by atoms with E-state index >= 15 is 0 Å². The van der Waals surface area contributed by atoms with E-state index < -0.39 is 17.9 Å². The average molecular weight is 359 g/mol. The number of β-lactam (4-membered cyclic amide) rings is 1. The minimum Gasteiger partial charge on any atom is -0.393 e. The summed E-state index contributed by atoms with van der Waals surface area (Å²) in [6, 6.07) is 8.78. The van der Waals surface area contributed by atoms with Gasteiger partial charge in [0, 0.05) is 31.7 Å². The van der Waals surface area contributed by atoms with Crippen LogP contribution in [0.2, 0.25) is 0 Å². The summed E-state index contributed by atoms with van der Waals surface area (Å²) in [5, 5.41) is 12.5. The molecule has 2 aliphatic heterocycles. The second-order valence-electron chi connectivity index (χ2n) is 7.07. The molecule has 0 spiro atoms. The molecule has 2 aliphatic rings. The Kier molecular flexibility index (Phi) is 5.27. The SMILES string of the molecule is CC(C(=O)N1CCN(C(=O)c2ccccc2)CC1)[C@H]1NC(=O)[C@@H]1[C@@H](C)O. The third kappa shape index (κ3) is 3.44. The van der Waals surface area contributed by atoms with Crippen LogP contribution in [0.1, 0.15) is 24.2 Å². The van der Waals surface area contributed by atoms with Crippen LogP contribution < -0.4 is 5.32 Å². The Bertz CT molecular complexity index is 683. The monoisotopic (exact) mass is 359 g/mol. The molecular formula is C19H25N3O4. The van der Waals surface area contributed by atoms with Crippen LogP contribution in [0.5, 0.6) is 0 Å². The van der Waals surface area contributed by atoms with Gasteiger partial charge in [-0.2, -0.15) is 0 Å². The van der Waals surface area contributed by atoms with Crippen LogP contribution in [0.15, 0.2) is 30.3 Å². The molecule has 2 heterocycles. The van der Waals surface area contributed by atoms with Gasteiger partial charge in [-0.3, -0.25) is 14.4 Å². The lowest BCUT2D eigenvalue weighted by atomic mass is 9.78. The lowest BCUT2D eigenvalue weighted by molar-refractivity contribution is -0.149. The molecule has 0 saturated carbocycles. The van der Waals surface area contributed by atoms with E-state index in [0.29, 0.717) is 31.7 Å². The van der Waals surface area contributed by atoms with Gasteiger partial charge in [0.05, 0.1) is 24.0 Å². The predicted octanol–water partition coefficient (Wildman–Crippen LogP) is 0.103. The van der Waals surface area contributed by atoms with E-state index in [1.54, 1.807) is 35.8 Å². The second-order valence-corrected chi connectivity index (χ2v) is 7.07. The highest BCUT2D eigenvalue weighted by Gasteiger charge is 2.48. The Hall–Kier alpha value is -2.41. The van der Waals surface area contributed by atoms with Crippen molar-refractivity contribution in [3.63, 3.8) is 0 Å².